The van der Waals surface area contributed by atoms with E-state index in [1.54, 1.807) is 24.7 Å². The van der Waals surface area contributed by atoms with E-state index in [2.05, 4.69) is 36.2 Å². The summed E-state index contributed by atoms with van der Waals surface area (Å²) in [5, 5.41) is 33.4. The largest absolute Gasteiger partial charge is 0.490 e. The first-order chi connectivity index (χ1) is 15.8. The molecule has 4 rings (SSSR count). The van der Waals surface area contributed by atoms with E-state index in [0.717, 1.165) is 33.5 Å². The van der Waals surface area contributed by atoms with Gasteiger partial charge in [0.05, 0.1) is 23.7 Å². The SMILES string of the molecule is N#CCC(c1ccc(C#N)nc1)c1[nH]ncc1-c1ncnc2[nH]ccc12.O=C(O)C(F)(F)F. The summed E-state index contributed by atoms with van der Waals surface area (Å²) in [4.78, 5) is 24.7. The Labute approximate surface area is 183 Å². The Morgan fingerprint density at radius 1 is 1.15 bits per heavy atom. The molecule has 13 heteroatoms. The summed E-state index contributed by atoms with van der Waals surface area (Å²) in [6.45, 7) is 0. The first-order valence-corrected chi connectivity index (χ1v) is 9.11. The number of aliphatic carboxylic acids is 1. The summed E-state index contributed by atoms with van der Waals surface area (Å²) in [6, 6.07) is 9.57. The normalized spacial score (nSPS) is 11.7. The number of aromatic nitrogens is 6. The van der Waals surface area contributed by atoms with Crippen LogP contribution >= 0.6 is 0 Å². The molecule has 0 aliphatic carbocycles. The average molecular weight is 454 g/mol. The lowest BCUT2D eigenvalue weighted by atomic mass is 9.90. The molecule has 0 spiro atoms. The number of rotatable bonds is 4. The lowest BCUT2D eigenvalue weighted by molar-refractivity contribution is -0.192. The molecule has 0 amide bonds. The van der Waals surface area contributed by atoms with Crippen molar-refractivity contribution in [1.29, 1.82) is 10.5 Å². The molecule has 10 nitrogen and oxygen atoms in total. The number of hydrogen-bond acceptors (Lipinski definition) is 7. The number of halogens is 3. The van der Waals surface area contributed by atoms with Gasteiger partial charge in [0.15, 0.2) is 0 Å². The Morgan fingerprint density at radius 3 is 2.52 bits per heavy atom. The van der Waals surface area contributed by atoms with E-state index in [4.69, 9.17) is 15.2 Å². The maximum absolute atomic E-state index is 10.6. The molecular weight excluding hydrogens is 441 g/mol. The second-order valence-corrected chi connectivity index (χ2v) is 6.47. The van der Waals surface area contributed by atoms with Crippen LogP contribution in [-0.2, 0) is 4.79 Å². The van der Waals surface area contributed by atoms with E-state index < -0.39 is 12.1 Å². The third-order valence-electron chi connectivity index (χ3n) is 4.47. The monoisotopic (exact) mass is 454 g/mol. The summed E-state index contributed by atoms with van der Waals surface area (Å²) in [5.41, 5.74) is 4.22. The molecule has 1 atom stereocenters. The van der Waals surface area contributed by atoms with Crippen molar-refractivity contribution >= 4 is 17.0 Å². The number of nitrogens with one attached hydrogen (secondary N) is 2. The van der Waals surface area contributed by atoms with Crippen LogP contribution in [-0.4, -0.2) is 47.4 Å². The minimum absolute atomic E-state index is 0.240. The fourth-order valence-corrected chi connectivity index (χ4v) is 2.99. The molecule has 4 heterocycles. The summed E-state index contributed by atoms with van der Waals surface area (Å²) in [5.74, 6) is -3.02. The molecule has 0 aromatic carbocycles. The highest BCUT2D eigenvalue weighted by atomic mass is 19.4. The quantitative estimate of drug-likeness (QED) is 0.422. The van der Waals surface area contributed by atoms with E-state index >= 15 is 0 Å². The zero-order valence-corrected chi connectivity index (χ0v) is 16.5. The van der Waals surface area contributed by atoms with Gasteiger partial charge in [-0.25, -0.2) is 19.7 Å². The highest BCUT2D eigenvalue weighted by Gasteiger charge is 2.38. The maximum Gasteiger partial charge on any atom is 0.490 e. The molecule has 3 N–H and O–H groups in total. The van der Waals surface area contributed by atoms with Crippen LogP contribution in [0.5, 0.6) is 0 Å². The number of nitriles is 2. The van der Waals surface area contributed by atoms with Gasteiger partial charge in [0.2, 0.25) is 0 Å². The van der Waals surface area contributed by atoms with Crippen LogP contribution in [0.4, 0.5) is 13.2 Å². The van der Waals surface area contributed by atoms with Gasteiger partial charge < -0.3 is 10.1 Å². The van der Waals surface area contributed by atoms with Gasteiger partial charge in [0.25, 0.3) is 0 Å². The van der Waals surface area contributed by atoms with Crippen molar-refractivity contribution in [3.05, 3.63) is 60.1 Å². The topological polar surface area (TPSA) is 168 Å². The maximum atomic E-state index is 10.6. The number of nitrogens with zero attached hydrogens (tertiary/aromatic N) is 6. The minimum atomic E-state index is -5.08. The van der Waals surface area contributed by atoms with Crippen LogP contribution in [0.15, 0.2) is 43.1 Å². The molecule has 0 bridgehead atoms. The molecule has 0 saturated carbocycles. The average Bonchev–Trinajstić information content (AvgIpc) is 3.47. The Kier molecular flexibility index (Phi) is 6.64. The van der Waals surface area contributed by atoms with Gasteiger partial charge >= 0.3 is 12.1 Å². The third kappa shape index (κ3) is 5.11. The number of alkyl halides is 3. The molecule has 0 radical (unpaired) electrons. The Bertz CT molecular complexity index is 1350. The fraction of sp³-hybridized carbons (Fsp3) is 0.150. The van der Waals surface area contributed by atoms with Crippen LogP contribution in [0.1, 0.15) is 29.3 Å². The van der Waals surface area contributed by atoms with Crippen molar-refractivity contribution < 1.29 is 23.1 Å². The zero-order valence-electron chi connectivity index (χ0n) is 16.5. The number of pyridine rings is 1. The number of fused-ring (bicyclic) bond motifs is 1. The second-order valence-electron chi connectivity index (χ2n) is 6.47. The van der Waals surface area contributed by atoms with Crippen molar-refractivity contribution in [3.63, 3.8) is 0 Å². The second kappa shape index (κ2) is 9.57. The summed E-state index contributed by atoms with van der Waals surface area (Å²) in [7, 11) is 0. The number of carboxylic acids is 1. The predicted octanol–water partition coefficient (Wildman–Crippen LogP) is 3.29. The lowest BCUT2D eigenvalue weighted by Gasteiger charge is -2.14. The molecule has 0 aliphatic heterocycles. The van der Waals surface area contributed by atoms with E-state index in [1.165, 1.54) is 6.33 Å². The van der Waals surface area contributed by atoms with Crippen molar-refractivity contribution in [3.8, 4) is 23.4 Å². The van der Waals surface area contributed by atoms with Gasteiger partial charge in [0, 0.05) is 35.7 Å². The molecule has 4 aromatic heterocycles. The summed E-state index contributed by atoms with van der Waals surface area (Å²) in [6.07, 6.45) is 1.78. The van der Waals surface area contributed by atoms with Crippen molar-refractivity contribution in [1.82, 2.24) is 30.1 Å². The number of carboxylic acid groups (broad SMARTS) is 1. The first-order valence-electron chi connectivity index (χ1n) is 9.11. The standard InChI is InChI=1S/C18H12N8.C2HF3O2/c19-5-3-13(11-1-2-12(7-20)22-8-11)17-15(9-25-26-17)16-14-4-6-21-18(14)24-10-23-16;3-2(4,5)1(6)7/h1-2,4,6,8-10,13H,3H2,(H,25,26)(H,21,23,24);(H,6,7). The molecule has 166 valence electrons. The highest BCUT2D eigenvalue weighted by Crippen LogP contribution is 2.35. The molecule has 33 heavy (non-hydrogen) atoms. The van der Waals surface area contributed by atoms with Crippen molar-refractivity contribution in [2.75, 3.05) is 0 Å². The van der Waals surface area contributed by atoms with Gasteiger partial charge in [-0.2, -0.15) is 28.8 Å². The summed E-state index contributed by atoms with van der Waals surface area (Å²) >= 11 is 0. The first kappa shape index (κ1) is 22.9. The van der Waals surface area contributed by atoms with E-state index in [1.807, 2.05) is 18.2 Å². The number of hydrogen-bond donors (Lipinski definition) is 3. The predicted molar refractivity (Wildman–Crippen MR) is 106 cm³/mol. The van der Waals surface area contributed by atoms with E-state index in [0.29, 0.717) is 5.69 Å². The van der Waals surface area contributed by atoms with Crippen LogP contribution < -0.4 is 0 Å². The third-order valence-corrected chi connectivity index (χ3v) is 4.47. The van der Waals surface area contributed by atoms with Crippen LogP contribution in [0.25, 0.3) is 22.3 Å². The van der Waals surface area contributed by atoms with Crippen molar-refractivity contribution in [2.45, 2.75) is 18.5 Å². The van der Waals surface area contributed by atoms with Gasteiger partial charge in [-0.3, -0.25) is 5.10 Å². The van der Waals surface area contributed by atoms with Crippen LogP contribution in [0, 0.1) is 22.7 Å². The summed E-state index contributed by atoms with van der Waals surface area (Å²) < 4.78 is 31.7. The Balaban J connectivity index is 0.000000383. The van der Waals surface area contributed by atoms with E-state index in [-0.39, 0.29) is 12.3 Å². The molecule has 0 saturated heterocycles. The molecule has 1 unspecified atom stereocenters. The number of aromatic amines is 2. The highest BCUT2D eigenvalue weighted by molar-refractivity contribution is 5.91. The van der Waals surface area contributed by atoms with Crippen LogP contribution in [0.2, 0.25) is 0 Å². The molecule has 0 fully saturated rings. The lowest BCUT2D eigenvalue weighted by Crippen LogP contribution is -2.21. The van der Waals surface area contributed by atoms with Crippen molar-refractivity contribution in [2.24, 2.45) is 0 Å². The van der Waals surface area contributed by atoms with E-state index in [9.17, 15) is 18.4 Å². The molecule has 0 aliphatic rings. The van der Waals surface area contributed by atoms with Gasteiger partial charge in [-0.05, 0) is 17.7 Å². The van der Waals surface area contributed by atoms with Gasteiger partial charge in [-0.1, -0.05) is 6.07 Å². The minimum Gasteiger partial charge on any atom is -0.475 e. The van der Waals surface area contributed by atoms with Crippen LogP contribution in [0.3, 0.4) is 0 Å². The fourth-order valence-electron chi connectivity index (χ4n) is 2.99. The molecule has 4 aromatic rings. The Morgan fingerprint density at radius 2 is 1.91 bits per heavy atom. The Hall–Kier alpha value is -4.78. The van der Waals surface area contributed by atoms with Gasteiger partial charge in [-0.15, -0.1) is 0 Å². The number of H-pyrrole nitrogens is 2. The zero-order chi connectivity index (χ0) is 24.0. The smallest absolute Gasteiger partial charge is 0.475 e. The molecular formula is C20H13F3N8O2. The van der Waals surface area contributed by atoms with Gasteiger partial charge in [0.1, 0.15) is 23.7 Å². The number of carbonyl (C=O) groups is 1.